The lowest BCUT2D eigenvalue weighted by Crippen LogP contribution is -2.43. The van der Waals surface area contributed by atoms with E-state index in [2.05, 4.69) is 41.1 Å². The first-order chi connectivity index (χ1) is 10.9. The highest BCUT2D eigenvalue weighted by molar-refractivity contribution is 7.88. The lowest BCUT2D eigenvalue weighted by atomic mass is 9.98. The molecule has 0 amide bonds. The minimum absolute atomic E-state index is 0.412. The summed E-state index contributed by atoms with van der Waals surface area (Å²) >= 11 is 0. The third kappa shape index (κ3) is 3.80. The molecule has 2 heterocycles. The van der Waals surface area contributed by atoms with E-state index in [4.69, 9.17) is 0 Å². The van der Waals surface area contributed by atoms with Gasteiger partial charge in [-0.25, -0.2) is 12.7 Å². The summed E-state index contributed by atoms with van der Waals surface area (Å²) in [4.78, 5) is 4.77. The summed E-state index contributed by atoms with van der Waals surface area (Å²) in [7, 11) is -0.922. The molecule has 3 rings (SSSR count). The normalized spacial score (nSPS) is 23.5. The van der Waals surface area contributed by atoms with Gasteiger partial charge in [-0.3, -0.25) is 0 Å². The van der Waals surface area contributed by atoms with Crippen molar-refractivity contribution in [2.75, 3.05) is 55.8 Å². The monoisotopic (exact) mass is 337 g/mol. The van der Waals surface area contributed by atoms with Crippen LogP contribution in [0.4, 0.5) is 11.4 Å². The number of piperidine rings is 1. The quantitative estimate of drug-likeness (QED) is 0.846. The molecule has 2 aliphatic rings. The van der Waals surface area contributed by atoms with Crippen LogP contribution >= 0.6 is 0 Å². The maximum absolute atomic E-state index is 11.8. The molecule has 6 heteroatoms. The third-order valence-electron chi connectivity index (χ3n) is 4.98. The van der Waals surface area contributed by atoms with E-state index in [1.165, 1.54) is 17.6 Å². The molecular formula is C17H27N3O2S. The van der Waals surface area contributed by atoms with Gasteiger partial charge in [0.1, 0.15) is 0 Å². The lowest BCUT2D eigenvalue weighted by Gasteiger charge is -2.35. The first-order valence-corrected chi connectivity index (χ1v) is 10.3. The highest BCUT2D eigenvalue weighted by Crippen LogP contribution is 2.32. The van der Waals surface area contributed by atoms with Crippen molar-refractivity contribution < 1.29 is 8.42 Å². The molecule has 0 aromatic heterocycles. The number of para-hydroxylation sites is 2. The van der Waals surface area contributed by atoms with Gasteiger partial charge in [0.2, 0.25) is 10.0 Å². The van der Waals surface area contributed by atoms with Crippen LogP contribution in [0.5, 0.6) is 0 Å². The zero-order valence-corrected chi connectivity index (χ0v) is 14.9. The Hall–Kier alpha value is -1.27. The van der Waals surface area contributed by atoms with Crippen LogP contribution in [0, 0.1) is 5.92 Å². The molecule has 1 atom stereocenters. The number of benzene rings is 1. The van der Waals surface area contributed by atoms with Gasteiger partial charge in [0.25, 0.3) is 0 Å². The van der Waals surface area contributed by atoms with E-state index in [9.17, 15) is 8.42 Å². The van der Waals surface area contributed by atoms with E-state index >= 15 is 0 Å². The second-order valence-electron chi connectivity index (χ2n) is 6.84. The third-order valence-corrected chi connectivity index (χ3v) is 6.25. The highest BCUT2D eigenvalue weighted by atomic mass is 32.2. The Morgan fingerprint density at radius 1 is 1.09 bits per heavy atom. The van der Waals surface area contributed by atoms with Crippen molar-refractivity contribution in [2.45, 2.75) is 19.3 Å². The van der Waals surface area contributed by atoms with Gasteiger partial charge >= 0.3 is 0 Å². The largest absolute Gasteiger partial charge is 0.373 e. The molecular weight excluding hydrogens is 310 g/mol. The summed E-state index contributed by atoms with van der Waals surface area (Å²) in [5.74, 6) is 0.412. The van der Waals surface area contributed by atoms with Gasteiger partial charge in [0.05, 0.1) is 17.6 Å². The van der Waals surface area contributed by atoms with Gasteiger partial charge in [-0.15, -0.1) is 0 Å². The molecule has 5 nitrogen and oxygen atoms in total. The Bertz CT molecular complexity index is 647. The summed E-state index contributed by atoms with van der Waals surface area (Å²) in [6.07, 6.45) is 4.53. The molecule has 1 saturated heterocycles. The van der Waals surface area contributed by atoms with Crippen LogP contribution in [-0.4, -0.2) is 58.8 Å². The zero-order valence-electron chi connectivity index (χ0n) is 14.1. The van der Waals surface area contributed by atoms with Gasteiger partial charge in [-0.05, 0) is 37.3 Å². The Morgan fingerprint density at radius 3 is 2.57 bits per heavy atom. The van der Waals surface area contributed by atoms with Gasteiger partial charge in [0.15, 0.2) is 0 Å². The smallest absolute Gasteiger partial charge is 0.211 e. The van der Waals surface area contributed by atoms with E-state index in [1.54, 1.807) is 4.31 Å². The fraction of sp³-hybridized carbons (Fsp3) is 0.647. The van der Waals surface area contributed by atoms with Crippen molar-refractivity contribution in [3.8, 4) is 0 Å². The maximum atomic E-state index is 11.8. The molecule has 2 aliphatic heterocycles. The number of hydrogen-bond donors (Lipinski definition) is 0. The lowest BCUT2D eigenvalue weighted by molar-refractivity contribution is 0.269. The fourth-order valence-electron chi connectivity index (χ4n) is 3.77. The summed E-state index contributed by atoms with van der Waals surface area (Å²) in [5.41, 5.74) is 2.56. The molecule has 1 aromatic rings. The average molecular weight is 337 g/mol. The zero-order chi connectivity index (χ0) is 16.4. The van der Waals surface area contributed by atoms with E-state index in [0.29, 0.717) is 19.0 Å². The predicted molar refractivity (Wildman–Crippen MR) is 95.7 cm³/mol. The van der Waals surface area contributed by atoms with Crippen molar-refractivity contribution in [2.24, 2.45) is 5.92 Å². The van der Waals surface area contributed by atoms with Crippen LogP contribution in [0.15, 0.2) is 24.3 Å². The van der Waals surface area contributed by atoms with Crippen molar-refractivity contribution in [1.29, 1.82) is 0 Å². The standard InChI is InChI=1S/C17H27N3O2S/c1-18-10-6-11-19(17-9-4-3-8-16(17)18)13-15-7-5-12-20(14-15)23(2,21)22/h3-4,8-9,15H,5-7,10-14H2,1-2H3. The van der Waals surface area contributed by atoms with E-state index in [1.807, 2.05) is 0 Å². The number of anilines is 2. The first-order valence-electron chi connectivity index (χ1n) is 8.45. The van der Waals surface area contributed by atoms with Crippen LogP contribution in [0.25, 0.3) is 0 Å². The van der Waals surface area contributed by atoms with Crippen molar-refractivity contribution in [1.82, 2.24) is 4.31 Å². The van der Waals surface area contributed by atoms with Crippen LogP contribution in [0.1, 0.15) is 19.3 Å². The SMILES string of the molecule is CN1CCCN(CC2CCCN(S(C)(=O)=O)C2)c2ccccc21. The Morgan fingerprint density at radius 2 is 1.83 bits per heavy atom. The summed E-state index contributed by atoms with van der Waals surface area (Å²) in [6, 6.07) is 8.55. The van der Waals surface area contributed by atoms with Gasteiger partial charge < -0.3 is 9.80 Å². The molecule has 0 spiro atoms. The van der Waals surface area contributed by atoms with Crippen molar-refractivity contribution in [3.05, 3.63) is 24.3 Å². The molecule has 1 unspecified atom stereocenters. The van der Waals surface area contributed by atoms with E-state index in [-0.39, 0.29) is 0 Å². The summed E-state index contributed by atoms with van der Waals surface area (Å²) in [6.45, 7) is 4.38. The highest BCUT2D eigenvalue weighted by Gasteiger charge is 2.28. The minimum atomic E-state index is -3.07. The topological polar surface area (TPSA) is 43.9 Å². The molecule has 0 bridgehead atoms. The van der Waals surface area contributed by atoms with Crippen LogP contribution < -0.4 is 9.80 Å². The number of rotatable bonds is 3. The van der Waals surface area contributed by atoms with Gasteiger partial charge in [-0.1, -0.05) is 12.1 Å². The molecule has 0 N–H and O–H groups in total. The van der Waals surface area contributed by atoms with E-state index < -0.39 is 10.0 Å². The Labute approximate surface area is 139 Å². The van der Waals surface area contributed by atoms with Gasteiger partial charge in [-0.2, -0.15) is 0 Å². The number of sulfonamides is 1. The second-order valence-corrected chi connectivity index (χ2v) is 8.82. The summed E-state index contributed by atoms with van der Waals surface area (Å²) < 4.78 is 25.3. The van der Waals surface area contributed by atoms with E-state index in [0.717, 1.165) is 38.9 Å². The first kappa shape index (κ1) is 16.6. The fourth-order valence-corrected chi connectivity index (χ4v) is 4.71. The van der Waals surface area contributed by atoms with Crippen LogP contribution in [0.3, 0.4) is 0 Å². The Kier molecular flexibility index (Phi) is 4.82. The number of nitrogens with zero attached hydrogens (tertiary/aromatic N) is 3. The van der Waals surface area contributed by atoms with Gasteiger partial charge in [0, 0.05) is 39.8 Å². The molecule has 23 heavy (non-hydrogen) atoms. The second kappa shape index (κ2) is 6.69. The number of fused-ring (bicyclic) bond motifs is 1. The maximum Gasteiger partial charge on any atom is 0.211 e. The predicted octanol–water partition coefficient (Wildman–Crippen LogP) is 2.00. The van der Waals surface area contributed by atoms with Crippen molar-refractivity contribution in [3.63, 3.8) is 0 Å². The average Bonchev–Trinajstić information content (AvgIpc) is 2.67. The molecule has 0 saturated carbocycles. The molecule has 1 fully saturated rings. The minimum Gasteiger partial charge on any atom is -0.373 e. The van der Waals surface area contributed by atoms with Crippen LogP contribution in [-0.2, 0) is 10.0 Å². The van der Waals surface area contributed by atoms with Crippen molar-refractivity contribution >= 4 is 21.4 Å². The Balaban J connectivity index is 1.76. The van der Waals surface area contributed by atoms with Crippen LogP contribution in [0.2, 0.25) is 0 Å². The summed E-state index contributed by atoms with van der Waals surface area (Å²) in [5, 5.41) is 0. The molecule has 128 valence electrons. The number of hydrogen-bond acceptors (Lipinski definition) is 4. The molecule has 0 aliphatic carbocycles. The molecule has 1 aromatic carbocycles. The molecule has 0 radical (unpaired) electrons.